The number of aryl methyl sites for hydroxylation is 3. The Balaban J connectivity index is 1.95. The molecule has 0 aliphatic rings. The minimum Gasteiger partial charge on any atom is -0.326 e. The van der Waals surface area contributed by atoms with Crippen LogP contribution in [0.2, 0.25) is 0 Å². The van der Waals surface area contributed by atoms with E-state index in [1.54, 1.807) is 24.3 Å². The molecule has 0 saturated heterocycles. The van der Waals surface area contributed by atoms with Gasteiger partial charge < -0.3 is 5.32 Å². The molecule has 5 nitrogen and oxygen atoms in total. The number of sulfonamides is 1. The van der Waals surface area contributed by atoms with Crippen LogP contribution in [-0.2, 0) is 21.2 Å². The summed E-state index contributed by atoms with van der Waals surface area (Å²) < 4.78 is 28.0. The van der Waals surface area contributed by atoms with Crippen LogP contribution < -0.4 is 10.0 Å². The molecule has 0 spiro atoms. The molecule has 2 aromatic rings. The minimum atomic E-state index is -3.49. The second-order valence-electron chi connectivity index (χ2n) is 7.35. The lowest BCUT2D eigenvalue weighted by Gasteiger charge is -2.12. The van der Waals surface area contributed by atoms with E-state index in [0.29, 0.717) is 19.4 Å². The predicted molar refractivity (Wildman–Crippen MR) is 117 cm³/mol. The first-order chi connectivity index (χ1) is 13.1. The van der Waals surface area contributed by atoms with E-state index in [9.17, 15) is 13.2 Å². The molecule has 0 aromatic heterocycles. The van der Waals surface area contributed by atoms with Gasteiger partial charge in [-0.3, -0.25) is 4.79 Å². The van der Waals surface area contributed by atoms with Crippen molar-refractivity contribution < 1.29 is 13.2 Å². The third-order valence-corrected chi connectivity index (χ3v) is 6.22. The highest BCUT2D eigenvalue weighted by Gasteiger charge is 2.14. The van der Waals surface area contributed by atoms with Gasteiger partial charge in [-0.2, -0.15) is 0 Å². The van der Waals surface area contributed by atoms with Crippen molar-refractivity contribution in [1.82, 2.24) is 4.72 Å². The quantitative estimate of drug-likeness (QED) is 0.597. The van der Waals surface area contributed by atoms with Crippen LogP contribution in [0.5, 0.6) is 0 Å². The predicted octanol–water partition coefficient (Wildman–Crippen LogP) is 4.57. The van der Waals surface area contributed by atoms with Gasteiger partial charge in [-0.15, -0.1) is 0 Å². The van der Waals surface area contributed by atoms with E-state index in [1.807, 2.05) is 39.8 Å². The SMILES string of the molecule is Cc1cc(Br)cc(C)c1NC(=O)CCc1ccc(S(=O)(=O)NCC(C)C)cc1. The highest BCUT2D eigenvalue weighted by atomic mass is 79.9. The molecular weight excluding hydrogens is 440 g/mol. The molecule has 1 amide bonds. The molecule has 0 fully saturated rings. The lowest BCUT2D eigenvalue weighted by Crippen LogP contribution is -2.27. The highest BCUT2D eigenvalue weighted by Crippen LogP contribution is 2.25. The third kappa shape index (κ3) is 6.43. The lowest BCUT2D eigenvalue weighted by molar-refractivity contribution is -0.116. The maximum atomic E-state index is 12.3. The van der Waals surface area contributed by atoms with Crippen molar-refractivity contribution in [3.05, 3.63) is 57.6 Å². The molecule has 0 aliphatic heterocycles. The fraction of sp³-hybridized carbons (Fsp3) is 0.381. The summed E-state index contributed by atoms with van der Waals surface area (Å²) in [5, 5.41) is 2.97. The Kier molecular flexibility index (Phi) is 7.80. The molecule has 0 radical (unpaired) electrons. The van der Waals surface area contributed by atoms with E-state index in [0.717, 1.165) is 26.9 Å². The van der Waals surface area contributed by atoms with E-state index >= 15 is 0 Å². The third-order valence-electron chi connectivity index (χ3n) is 4.32. The Hall–Kier alpha value is -1.70. The molecule has 0 bridgehead atoms. The molecule has 152 valence electrons. The summed E-state index contributed by atoms with van der Waals surface area (Å²) in [4.78, 5) is 12.6. The first-order valence-electron chi connectivity index (χ1n) is 9.23. The van der Waals surface area contributed by atoms with Crippen LogP contribution in [-0.4, -0.2) is 20.9 Å². The van der Waals surface area contributed by atoms with Gasteiger partial charge in [0.25, 0.3) is 0 Å². The summed E-state index contributed by atoms with van der Waals surface area (Å²) in [6.07, 6.45) is 0.868. The van der Waals surface area contributed by atoms with Gasteiger partial charge in [0.1, 0.15) is 0 Å². The van der Waals surface area contributed by atoms with E-state index in [1.165, 1.54) is 0 Å². The van der Waals surface area contributed by atoms with Gasteiger partial charge in [-0.05, 0) is 67.1 Å². The number of nitrogens with one attached hydrogen (secondary N) is 2. The smallest absolute Gasteiger partial charge is 0.240 e. The maximum absolute atomic E-state index is 12.3. The molecular formula is C21H27BrN2O3S. The first-order valence-corrected chi connectivity index (χ1v) is 11.5. The van der Waals surface area contributed by atoms with Gasteiger partial charge in [0.05, 0.1) is 4.90 Å². The maximum Gasteiger partial charge on any atom is 0.240 e. The van der Waals surface area contributed by atoms with Crippen LogP contribution in [0.4, 0.5) is 5.69 Å². The van der Waals surface area contributed by atoms with Crippen LogP contribution in [0, 0.1) is 19.8 Å². The van der Waals surface area contributed by atoms with Crippen molar-refractivity contribution in [3.8, 4) is 0 Å². The summed E-state index contributed by atoms with van der Waals surface area (Å²) in [5.74, 6) is 0.175. The molecule has 28 heavy (non-hydrogen) atoms. The fourth-order valence-corrected chi connectivity index (χ4v) is 4.66. The Morgan fingerprint density at radius 2 is 1.64 bits per heavy atom. The Bertz CT molecular complexity index is 916. The van der Waals surface area contributed by atoms with Gasteiger partial charge in [-0.25, -0.2) is 13.1 Å². The Morgan fingerprint density at radius 3 is 2.18 bits per heavy atom. The zero-order chi connectivity index (χ0) is 20.9. The lowest BCUT2D eigenvalue weighted by atomic mass is 10.1. The van der Waals surface area contributed by atoms with Crippen molar-refractivity contribution in [2.75, 3.05) is 11.9 Å². The largest absolute Gasteiger partial charge is 0.326 e. The van der Waals surface area contributed by atoms with Gasteiger partial charge in [0.2, 0.25) is 15.9 Å². The number of benzene rings is 2. The van der Waals surface area contributed by atoms with Crippen LogP contribution in [0.25, 0.3) is 0 Å². The average Bonchev–Trinajstić information content (AvgIpc) is 2.62. The molecule has 0 aliphatic carbocycles. The van der Waals surface area contributed by atoms with E-state index in [-0.39, 0.29) is 16.7 Å². The molecule has 0 unspecified atom stereocenters. The summed E-state index contributed by atoms with van der Waals surface area (Å²) in [6, 6.07) is 10.6. The second-order valence-corrected chi connectivity index (χ2v) is 10.0. The van der Waals surface area contributed by atoms with Crippen molar-refractivity contribution in [2.24, 2.45) is 5.92 Å². The second kappa shape index (κ2) is 9.67. The number of hydrogen-bond donors (Lipinski definition) is 2. The number of carbonyl (C=O) groups excluding carboxylic acids is 1. The van der Waals surface area contributed by atoms with Crippen LogP contribution in [0.1, 0.15) is 37.0 Å². The number of halogens is 1. The average molecular weight is 467 g/mol. The number of carbonyl (C=O) groups is 1. The molecule has 7 heteroatoms. The summed E-state index contributed by atoms with van der Waals surface area (Å²) in [6.45, 7) is 8.22. The molecule has 2 aromatic carbocycles. The number of hydrogen-bond acceptors (Lipinski definition) is 3. The van der Waals surface area contributed by atoms with Crippen molar-refractivity contribution in [1.29, 1.82) is 0 Å². The highest BCUT2D eigenvalue weighted by molar-refractivity contribution is 9.10. The normalized spacial score (nSPS) is 11.6. The van der Waals surface area contributed by atoms with Gasteiger partial charge in [0.15, 0.2) is 0 Å². The van der Waals surface area contributed by atoms with Gasteiger partial charge >= 0.3 is 0 Å². The summed E-state index contributed by atoms with van der Waals surface area (Å²) in [5.41, 5.74) is 3.76. The molecule has 0 saturated carbocycles. The molecule has 0 atom stereocenters. The van der Waals surface area contributed by atoms with Crippen LogP contribution >= 0.6 is 15.9 Å². The summed E-state index contributed by atoms with van der Waals surface area (Å²) in [7, 11) is -3.49. The Morgan fingerprint density at radius 1 is 1.07 bits per heavy atom. The molecule has 0 heterocycles. The minimum absolute atomic E-state index is 0.0659. The van der Waals surface area contributed by atoms with Gasteiger partial charge in [0, 0.05) is 23.1 Å². The molecule has 2 rings (SSSR count). The van der Waals surface area contributed by atoms with Gasteiger partial charge in [-0.1, -0.05) is 41.9 Å². The number of amides is 1. The first kappa shape index (κ1) is 22.6. The summed E-state index contributed by atoms with van der Waals surface area (Å²) >= 11 is 3.45. The standard InChI is InChI=1S/C21H27BrN2O3S/c1-14(2)13-23-28(26,27)19-8-5-17(6-9-19)7-10-20(25)24-21-15(3)11-18(22)12-16(21)4/h5-6,8-9,11-12,14,23H,7,10,13H2,1-4H3,(H,24,25). The number of rotatable bonds is 8. The Labute approximate surface area is 176 Å². The van der Waals surface area contributed by atoms with E-state index in [4.69, 9.17) is 0 Å². The topological polar surface area (TPSA) is 75.3 Å². The van der Waals surface area contributed by atoms with Crippen molar-refractivity contribution in [2.45, 2.75) is 45.4 Å². The van der Waals surface area contributed by atoms with E-state index in [2.05, 4.69) is 26.0 Å². The van der Waals surface area contributed by atoms with E-state index < -0.39 is 10.0 Å². The number of anilines is 1. The van der Waals surface area contributed by atoms with Crippen molar-refractivity contribution >= 4 is 37.5 Å². The zero-order valence-corrected chi connectivity index (χ0v) is 19.1. The van der Waals surface area contributed by atoms with Crippen LogP contribution in [0.3, 0.4) is 0 Å². The zero-order valence-electron chi connectivity index (χ0n) is 16.7. The monoisotopic (exact) mass is 466 g/mol. The van der Waals surface area contributed by atoms with Crippen LogP contribution in [0.15, 0.2) is 45.8 Å². The molecule has 2 N–H and O–H groups in total. The van der Waals surface area contributed by atoms with Crippen molar-refractivity contribution in [3.63, 3.8) is 0 Å². The fourth-order valence-electron chi connectivity index (χ4n) is 2.76.